The number of aromatic nitrogens is 6. The zero-order chi connectivity index (χ0) is 20.5. The molecule has 0 radical (unpaired) electrons. The van der Waals surface area contributed by atoms with E-state index in [9.17, 15) is 21.4 Å². The van der Waals surface area contributed by atoms with Crippen LogP contribution in [0.5, 0.6) is 0 Å². The van der Waals surface area contributed by atoms with Crippen molar-refractivity contribution in [3.63, 3.8) is 0 Å². The summed E-state index contributed by atoms with van der Waals surface area (Å²) in [6.07, 6.45) is 1.28. The van der Waals surface area contributed by atoms with Crippen LogP contribution in [0.3, 0.4) is 0 Å². The van der Waals surface area contributed by atoms with Crippen molar-refractivity contribution in [3.8, 4) is 0 Å². The Morgan fingerprint density at radius 2 is 1.61 bits per heavy atom. The zero-order valence-corrected chi connectivity index (χ0v) is 15.1. The van der Waals surface area contributed by atoms with Gasteiger partial charge in [0.15, 0.2) is 0 Å². The number of nitrogen functional groups attached to an aromatic ring is 1. The molecule has 15 nitrogen and oxygen atoms in total. The third kappa shape index (κ3) is 4.46. The Hall–Kier alpha value is -3.41. The van der Waals surface area contributed by atoms with E-state index >= 15 is 0 Å². The standard InChI is InChI=1S/C11H11N9O6S2/c12-8-16-10(19-11(17-8)18-9-13-4-14-20-9)15-6-3-5(27(21,22)23)1-2-7(6)28(24,25)26/h1-4H,(H,21,22,23)(H,24,25,26)(H5,12,13,14,15,16,17,18,19,20). The molecule has 0 atom stereocenters. The van der Waals surface area contributed by atoms with Crippen molar-refractivity contribution in [3.05, 3.63) is 24.5 Å². The summed E-state index contributed by atoms with van der Waals surface area (Å²) in [7, 11) is -9.42. The number of hydrogen-bond donors (Lipinski definition) is 6. The van der Waals surface area contributed by atoms with Crippen molar-refractivity contribution < 1.29 is 25.9 Å². The number of aromatic amines is 1. The van der Waals surface area contributed by atoms with Crippen LogP contribution in [0.2, 0.25) is 0 Å². The van der Waals surface area contributed by atoms with E-state index < -0.39 is 35.7 Å². The summed E-state index contributed by atoms with van der Waals surface area (Å²) in [5, 5.41) is 11.2. The van der Waals surface area contributed by atoms with Crippen molar-refractivity contribution in [2.45, 2.75) is 9.79 Å². The largest absolute Gasteiger partial charge is 0.368 e. The second-order valence-corrected chi connectivity index (χ2v) is 7.83. The first-order valence-electron chi connectivity index (χ1n) is 7.03. The van der Waals surface area contributed by atoms with Crippen LogP contribution in [0.25, 0.3) is 0 Å². The summed E-state index contributed by atoms with van der Waals surface area (Å²) < 4.78 is 64.2. The molecule has 3 rings (SSSR count). The Labute approximate surface area is 157 Å². The first-order valence-corrected chi connectivity index (χ1v) is 9.91. The normalized spacial score (nSPS) is 11.9. The summed E-state index contributed by atoms with van der Waals surface area (Å²) in [6, 6.07) is 2.33. The molecule has 0 amide bonds. The molecule has 148 valence electrons. The molecule has 7 N–H and O–H groups in total. The average Bonchev–Trinajstić information content (AvgIpc) is 3.05. The van der Waals surface area contributed by atoms with E-state index in [1.807, 2.05) is 0 Å². The highest BCUT2D eigenvalue weighted by Gasteiger charge is 2.21. The molecule has 2 heterocycles. The van der Waals surface area contributed by atoms with Crippen molar-refractivity contribution in [2.24, 2.45) is 0 Å². The van der Waals surface area contributed by atoms with Gasteiger partial charge in [-0.1, -0.05) is 0 Å². The molecular formula is C11H11N9O6S2. The van der Waals surface area contributed by atoms with Crippen molar-refractivity contribution in [1.82, 2.24) is 30.1 Å². The van der Waals surface area contributed by atoms with Crippen molar-refractivity contribution in [2.75, 3.05) is 16.4 Å². The topological polar surface area (TPSA) is 239 Å². The Morgan fingerprint density at radius 3 is 2.18 bits per heavy atom. The van der Waals surface area contributed by atoms with E-state index in [1.165, 1.54) is 6.33 Å². The van der Waals surface area contributed by atoms with Gasteiger partial charge in [-0.15, -0.1) is 5.10 Å². The molecule has 0 saturated carbocycles. The van der Waals surface area contributed by atoms with E-state index in [0.29, 0.717) is 0 Å². The number of H-pyrrole nitrogens is 1. The summed E-state index contributed by atoms with van der Waals surface area (Å²) in [5.41, 5.74) is 5.13. The minimum Gasteiger partial charge on any atom is -0.368 e. The quantitative estimate of drug-likeness (QED) is 0.272. The van der Waals surface area contributed by atoms with Gasteiger partial charge in [0, 0.05) is 0 Å². The first-order chi connectivity index (χ1) is 13.0. The molecular weight excluding hydrogens is 418 g/mol. The van der Waals surface area contributed by atoms with Gasteiger partial charge in [-0.25, -0.2) is 4.98 Å². The predicted octanol–water partition coefficient (Wildman–Crippen LogP) is -0.448. The van der Waals surface area contributed by atoms with Gasteiger partial charge in [-0.3, -0.25) is 19.5 Å². The van der Waals surface area contributed by atoms with E-state index in [-0.39, 0.29) is 23.8 Å². The number of benzene rings is 1. The highest BCUT2D eigenvalue weighted by molar-refractivity contribution is 7.86. The Morgan fingerprint density at radius 1 is 0.929 bits per heavy atom. The van der Waals surface area contributed by atoms with Gasteiger partial charge >= 0.3 is 0 Å². The summed E-state index contributed by atoms with van der Waals surface area (Å²) in [4.78, 5) is 13.9. The highest BCUT2D eigenvalue weighted by Crippen LogP contribution is 2.27. The minimum atomic E-state index is -4.76. The molecule has 1 aromatic carbocycles. The fraction of sp³-hybridized carbons (Fsp3) is 0. The van der Waals surface area contributed by atoms with E-state index in [2.05, 4.69) is 40.8 Å². The number of anilines is 5. The fourth-order valence-electron chi connectivity index (χ4n) is 1.99. The monoisotopic (exact) mass is 429 g/mol. The zero-order valence-electron chi connectivity index (χ0n) is 13.5. The number of hydrogen-bond acceptors (Lipinski definition) is 12. The maximum Gasteiger partial charge on any atom is 0.296 e. The van der Waals surface area contributed by atoms with Gasteiger partial charge < -0.3 is 11.1 Å². The van der Waals surface area contributed by atoms with Crippen molar-refractivity contribution in [1.29, 1.82) is 0 Å². The third-order valence-corrected chi connectivity index (χ3v) is 4.83. The smallest absolute Gasteiger partial charge is 0.296 e. The molecule has 0 aliphatic heterocycles. The van der Waals surface area contributed by atoms with Gasteiger partial charge in [0.2, 0.25) is 23.8 Å². The molecule has 17 heteroatoms. The van der Waals surface area contributed by atoms with Crippen LogP contribution in [-0.2, 0) is 20.2 Å². The maximum absolute atomic E-state index is 11.5. The molecule has 0 aliphatic rings. The maximum atomic E-state index is 11.5. The average molecular weight is 429 g/mol. The van der Waals surface area contributed by atoms with E-state index in [4.69, 9.17) is 10.3 Å². The molecule has 0 unspecified atom stereocenters. The number of rotatable bonds is 6. The SMILES string of the molecule is Nc1nc(Nc2nc[nH]n2)nc(Nc2cc(S(=O)(=O)O)ccc2S(=O)(=O)O)n1. The van der Waals surface area contributed by atoms with Gasteiger partial charge in [0.05, 0.1) is 10.6 Å². The second kappa shape index (κ2) is 6.96. The highest BCUT2D eigenvalue weighted by atomic mass is 32.2. The van der Waals surface area contributed by atoms with Crippen LogP contribution in [0.4, 0.5) is 29.5 Å². The summed E-state index contributed by atoms with van der Waals surface area (Å²) in [6.45, 7) is 0. The lowest BCUT2D eigenvalue weighted by Gasteiger charge is -2.11. The molecule has 2 aromatic heterocycles. The Balaban J connectivity index is 2.04. The van der Waals surface area contributed by atoms with Crippen LogP contribution in [0, 0.1) is 0 Å². The third-order valence-electron chi connectivity index (χ3n) is 3.06. The van der Waals surface area contributed by atoms with Gasteiger partial charge in [0.1, 0.15) is 11.2 Å². The number of nitrogens with zero attached hydrogens (tertiary/aromatic N) is 5. The lowest BCUT2D eigenvalue weighted by atomic mass is 10.3. The lowest BCUT2D eigenvalue weighted by molar-refractivity contribution is 0.479. The van der Waals surface area contributed by atoms with Gasteiger partial charge in [0.25, 0.3) is 20.2 Å². The Bertz CT molecular complexity index is 1230. The number of nitrogens with two attached hydrogens (primary N) is 1. The van der Waals surface area contributed by atoms with Crippen molar-refractivity contribution >= 4 is 49.7 Å². The molecule has 0 spiro atoms. The predicted molar refractivity (Wildman–Crippen MR) is 93.3 cm³/mol. The van der Waals surface area contributed by atoms with E-state index in [0.717, 1.165) is 18.2 Å². The molecule has 0 bridgehead atoms. The van der Waals surface area contributed by atoms with Crippen LogP contribution in [0.15, 0.2) is 34.3 Å². The van der Waals surface area contributed by atoms with Crippen LogP contribution < -0.4 is 16.4 Å². The van der Waals surface area contributed by atoms with Gasteiger partial charge in [-0.05, 0) is 18.2 Å². The van der Waals surface area contributed by atoms with Crippen LogP contribution in [-0.4, -0.2) is 56.1 Å². The molecule has 0 saturated heterocycles. The molecule has 28 heavy (non-hydrogen) atoms. The van der Waals surface area contributed by atoms with Gasteiger partial charge in [-0.2, -0.15) is 31.8 Å². The summed E-state index contributed by atoms with van der Waals surface area (Å²) in [5.74, 6) is -0.602. The second-order valence-electron chi connectivity index (χ2n) is 5.02. The van der Waals surface area contributed by atoms with E-state index in [1.54, 1.807) is 0 Å². The molecule has 0 fully saturated rings. The first kappa shape index (κ1) is 19.4. The minimum absolute atomic E-state index is 0.101. The summed E-state index contributed by atoms with van der Waals surface area (Å²) >= 11 is 0. The lowest BCUT2D eigenvalue weighted by Crippen LogP contribution is -2.10. The van der Waals surface area contributed by atoms with Crippen LogP contribution >= 0.6 is 0 Å². The van der Waals surface area contributed by atoms with Crippen LogP contribution in [0.1, 0.15) is 0 Å². The Kier molecular flexibility index (Phi) is 4.81. The fourth-order valence-corrected chi connectivity index (χ4v) is 3.12. The molecule has 0 aliphatic carbocycles. The number of nitrogens with one attached hydrogen (secondary N) is 3. The molecule has 3 aromatic rings.